The number of ether oxygens (including phenoxy) is 1. The number of benzene rings is 3. The highest BCUT2D eigenvalue weighted by molar-refractivity contribution is 6.04. The monoisotopic (exact) mass is 560 g/mol. The Morgan fingerprint density at radius 3 is 2.41 bits per heavy atom. The van der Waals surface area contributed by atoms with Crippen molar-refractivity contribution < 1.29 is 19.0 Å². The SMILES string of the molecule is COc1cc(-c2cccc(-c3cccc(NC(=O)c4c[nH]c(=O)n(C)c4=O)c3C)c2C)cc(F)c1CN[C@H](C)CO. The van der Waals surface area contributed by atoms with E-state index in [-0.39, 0.29) is 24.8 Å². The van der Waals surface area contributed by atoms with Gasteiger partial charge in [-0.2, -0.15) is 0 Å². The van der Waals surface area contributed by atoms with Crippen LogP contribution in [0.1, 0.15) is 34.0 Å². The molecule has 0 spiro atoms. The van der Waals surface area contributed by atoms with E-state index in [1.165, 1.54) is 20.2 Å². The Labute approximate surface area is 236 Å². The second-order valence-corrected chi connectivity index (χ2v) is 9.89. The topological polar surface area (TPSA) is 125 Å². The molecule has 0 saturated carbocycles. The summed E-state index contributed by atoms with van der Waals surface area (Å²) in [6, 6.07) is 14.3. The Morgan fingerprint density at radius 1 is 1.07 bits per heavy atom. The fourth-order valence-electron chi connectivity index (χ4n) is 4.68. The number of hydrogen-bond donors (Lipinski definition) is 4. The average molecular weight is 561 g/mol. The second-order valence-electron chi connectivity index (χ2n) is 9.89. The van der Waals surface area contributed by atoms with Gasteiger partial charge < -0.3 is 25.5 Å². The molecule has 4 aromatic rings. The summed E-state index contributed by atoms with van der Waals surface area (Å²) in [5.41, 5.74) is 4.25. The van der Waals surface area contributed by atoms with Crippen molar-refractivity contribution in [1.29, 1.82) is 0 Å². The number of rotatable bonds is 9. The minimum Gasteiger partial charge on any atom is -0.496 e. The third kappa shape index (κ3) is 5.98. The van der Waals surface area contributed by atoms with Crippen LogP contribution < -0.4 is 26.6 Å². The average Bonchev–Trinajstić information content (AvgIpc) is 2.96. The fraction of sp³-hybridized carbons (Fsp3) is 0.258. The highest BCUT2D eigenvalue weighted by Gasteiger charge is 2.19. The number of nitrogens with one attached hydrogen (secondary N) is 3. The lowest BCUT2D eigenvalue weighted by atomic mass is 9.90. The highest BCUT2D eigenvalue weighted by atomic mass is 19.1. The number of amides is 1. The summed E-state index contributed by atoms with van der Waals surface area (Å²) in [7, 11) is 2.79. The fourth-order valence-corrected chi connectivity index (χ4v) is 4.68. The van der Waals surface area contributed by atoms with Crippen LogP contribution in [0.4, 0.5) is 10.1 Å². The van der Waals surface area contributed by atoms with E-state index in [1.54, 1.807) is 25.1 Å². The number of H-pyrrole nitrogens is 1. The summed E-state index contributed by atoms with van der Waals surface area (Å²) in [5, 5.41) is 15.1. The molecule has 1 atom stereocenters. The molecule has 9 nitrogen and oxygen atoms in total. The molecule has 0 fully saturated rings. The van der Waals surface area contributed by atoms with Gasteiger partial charge in [-0.15, -0.1) is 0 Å². The van der Waals surface area contributed by atoms with Gasteiger partial charge in [0.05, 0.1) is 13.7 Å². The van der Waals surface area contributed by atoms with Gasteiger partial charge in [0, 0.05) is 37.1 Å². The van der Waals surface area contributed by atoms with Gasteiger partial charge in [0.15, 0.2) is 0 Å². The van der Waals surface area contributed by atoms with E-state index in [0.29, 0.717) is 22.6 Å². The zero-order chi connectivity index (χ0) is 29.8. The molecule has 0 aliphatic heterocycles. The van der Waals surface area contributed by atoms with E-state index in [4.69, 9.17) is 4.74 Å². The summed E-state index contributed by atoms with van der Waals surface area (Å²) in [4.78, 5) is 39.4. The molecule has 4 rings (SSSR count). The molecule has 0 bridgehead atoms. The lowest BCUT2D eigenvalue weighted by Crippen LogP contribution is -2.37. The molecule has 0 radical (unpaired) electrons. The largest absolute Gasteiger partial charge is 0.496 e. The number of halogens is 1. The van der Waals surface area contributed by atoms with Gasteiger partial charge in [0.25, 0.3) is 11.5 Å². The number of carbonyl (C=O) groups is 1. The predicted octanol–water partition coefficient (Wildman–Crippen LogP) is 3.89. The van der Waals surface area contributed by atoms with Gasteiger partial charge in [0.2, 0.25) is 0 Å². The number of anilines is 1. The van der Waals surface area contributed by atoms with Gasteiger partial charge in [-0.3, -0.25) is 14.2 Å². The summed E-state index contributed by atoms with van der Waals surface area (Å²) >= 11 is 0. The van der Waals surface area contributed by atoms with Crippen molar-refractivity contribution in [3.63, 3.8) is 0 Å². The van der Waals surface area contributed by atoms with Crippen LogP contribution in [-0.4, -0.2) is 40.3 Å². The van der Waals surface area contributed by atoms with Gasteiger partial charge in [-0.1, -0.05) is 30.3 Å². The number of methoxy groups -OCH3 is 1. The molecule has 1 amide bonds. The lowest BCUT2D eigenvalue weighted by Gasteiger charge is -2.18. The van der Waals surface area contributed by atoms with Crippen LogP contribution in [-0.2, 0) is 13.6 Å². The first-order valence-electron chi connectivity index (χ1n) is 13.1. The number of nitrogens with zero attached hydrogens (tertiary/aromatic N) is 1. The van der Waals surface area contributed by atoms with Crippen LogP contribution in [0, 0.1) is 19.7 Å². The number of aliphatic hydroxyl groups excluding tert-OH is 1. The van der Waals surface area contributed by atoms with Crippen molar-refractivity contribution in [3.05, 3.63) is 104 Å². The van der Waals surface area contributed by atoms with Crippen molar-refractivity contribution >= 4 is 11.6 Å². The Bertz CT molecular complexity index is 1730. The number of aliphatic hydroxyl groups is 1. The Hall–Kier alpha value is -4.54. The third-order valence-electron chi connectivity index (χ3n) is 7.22. The molecule has 4 N–H and O–H groups in total. The van der Waals surface area contributed by atoms with Crippen LogP contribution in [0.3, 0.4) is 0 Å². The molecule has 0 aliphatic rings. The highest BCUT2D eigenvalue weighted by Crippen LogP contribution is 2.37. The van der Waals surface area contributed by atoms with E-state index in [2.05, 4.69) is 15.6 Å². The van der Waals surface area contributed by atoms with Gasteiger partial charge >= 0.3 is 5.69 Å². The maximum atomic E-state index is 15.3. The van der Waals surface area contributed by atoms with Gasteiger partial charge in [-0.05, 0) is 72.4 Å². The summed E-state index contributed by atoms with van der Waals surface area (Å²) in [5.74, 6) is -0.661. The van der Waals surface area contributed by atoms with Gasteiger partial charge in [0.1, 0.15) is 17.1 Å². The first kappa shape index (κ1) is 29.4. The minimum absolute atomic E-state index is 0.0656. The number of aromatic amines is 1. The van der Waals surface area contributed by atoms with E-state index >= 15 is 4.39 Å². The summed E-state index contributed by atoms with van der Waals surface area (Å²) in [6.07, 6.45) is 1.11. The molecular weight excluding hydrogens is 527 g/mol. The molecule has 0 unspecified atom stereocenters. The molecule has 1 heterocycles. The van der Waals surface area contributed by atoms with Crippen molar-refractivity contribution in [2.75, 3.05) is 19.0 Å². The van der Waals surface area contributed by atoms with Crippen LogP contribution >= 0.6 is 0 Å². The van der Waals surface area contributed by atoms with Crippen molar-refractivity contribution in [2.24, 2.45) is 7.05 Å². The van der Waals surface area contributed by atoms with E-state index in [9.17, 15) is 19.5 Å². The molecular formula is C31H33FN4O5. The molecule has 1 aromatic heterocycles. The van der Waals surface area contributed by atoms with Crippen LogP contribution in [0.15, 0.2) is 64.3 Å². The maximum Gasteiger partial charge on any atom is 0.328 e. The van der Waals surface area contributed by atoms with Crippen molar-refractivity contribution in [1.82, 2.24) is 14.9 Å². The first-order chi connectivity index (χ1) is 19.6. The first-order valence-corrected chi connectivity index (χ1v) is 13.1. The zero-order valence-corrected chi connectivity index (χ0v) is 23.6. The quantitative estimate of drug-likeness (QED) is 0.246. The summed E-state index contributed by atoms with van der Waals surface area (Å²) < 4.78 is 21.6. The smallest absolute Gasteiger partial charge is 0.328 e. The summed E-state index contributed by atoms with van der Waals surface area (Å²) in [6.45, 7) is 5.76. The molecule has 0 aliphatic carbocycles. The Morgan fingerprint density at radius 2 is 1.73 bits per heavy atom. The van der Waals surface area contributed by atoms with Gasteiger partial charge in [-0.25, -0.2) is 9.18 Å². The van der Waals surface area contributed by atoms with E-state index in [1.807, 2.05) is 38.1 Å². The van der Waals surface area contributed by atoms with Crippen LogP contribution in [0.25, 0.3) is 22.3 Å². The Balaban J connectivity index is 1.70. The molecule has 214 valence electrons. The molecule has 3 aromatic carbocycles. The minimum atomic E-state index is -0.698. The predicted molar refractivity (Wildman–Crippen MR) is 157 cm³/mol. The van der Waals surface area contributed by atoms with Crippen LogP contribution in [0.2, 0.25) is 0 Å². The molecule has 10 heteroatoms. The maximum absolute atomic E-state index is 15.3. The van der Waals surface area contributed by atoms with E-state index < -0.39 is 23.0 Å². The third-order valence-corrected chi connectivity index (χ3v) is 7.22. The lowest BCUT2D eigenvalue weighted by molar-refractivity contribution is 0.102. The molecule has 0 saturated heterocycles. The molecule has 41 heavy (non-hydrogen) atoms. The van der Waals surface area contributed by atoms with Crippen molar-refractivity contribution in [3.8, 4) is 28.0 Å². The van der Waals surface area contributed by atoms with Crippen molar-refractivity contribution in [2.45, 2.75) is 33.4 Å². The second kappa shape index (κ2) is 12.3. The number of carbonyl (C=O) groups excluding carboxylic acids is 1. The number of hydrogen-bond acceptors (Lipinski definition) is 6. The van der Waals surface area contributed by atoms with Crippen LogP contribution in [0.5, 0.6) is 5.75 Å². The Kier molecular flexibility index (Phi) is 8.85. The zero-order valence-electron chi connectivity index (χ0n) is 23.6. The number of aromatic nitrogens is 2. The standard InChI is InChI=1S/C31H33FN4O5/c1-17(16-37)33-14-24-26(32)12-20(13-28(24)41-5)21-8-6-9-22(18(21)2)23-10-7-11-27(19(23)3)35-29(38)25-15-34-31(40)36(4)30(25)39/h6-13,15,17,33,37H,14,16H2,1-5H3,(H,34,40)(H,35,38)/t17-/m1/s1. The van der Waals surface area contributed by atoms with E-state index in [0.717, 1.165) is 38.6 Å². The normalized spacial score (nSPS) is 11.8.